The largest absolute Gasteiger partial charge is 0.206 e. The van der Waals surface area contributed by atoms with Crippen LogP contribution >= 0.6 is 11.6 Å². The molecule has 84 valence electrons. The molecule has 0 amide bonds. The minimum Gasteiger partial charge on any atom is -0.206 e. The third-order valence-electron chi connectivity index (χ3n) is 2.35. The molecule has 0 N–H and O–H groups in total. The number of hydrogen-bond acceptors (Lipinski definition) is 1. The van der Waals surface area contributed by atoms with Crippen molar-refractivity contribution >= 4 is 11.6 Å². The lowest BCUT2D eigenvalue weighted by molar-refractivity contribution is 0.625. The average Bonchev–Trinajstić information content (AvgIpc) is 2.33. The lowest BCUT2D eigenvalue weighted by Gasteiger charge is -2.08. The number of nitrogens with zero attached hydrogens (tertiary/aromatic N) is 1. The highest BCUT2D eigenvalue weighted by Crippen LogP contribution is 2.33. The monoisotopic (exact) mass is 249 g/mol. The van der Waals surface area contributed by atoms with Gasteiger partial charge in [0.2, 0.25) is 0 Å². The first-order chi connectivity index (χ1) is 8.15. The van der Waals surface area contributed by atoms with Crippen LogP contribution in [0.4, 0.5) is 8.78 Å². The second-order valence-electron chi connectivity index (χ2n) is 3.38. The standard InChI is InChI=1S/C13H6ClF2N/c14-13-9(4-2-6-11(13)16)12-8(7-17)3-1-5-10(12)15/h1-6H. The molecule has 0 bridgehead atoms. The van der Waals surface area contributed by atoms with Gasteiger partial charge in [0.15, 0.2) is 0 Å². The normalized spacial score (nSPS) is 10.0. The quantitative estimate of drug-likeness (QED) is 0.745. The molecule has 0 spiro atoms. The lowest BCUT2D eigenvalue weighted by Crippen LogP contribution is -1.91. The van der Waals surface area contributed by atoms with Gasteiger partial charge in [-0.05, 0) is 18.2 Å². The van der Waals surface area contributed by atoms with Gasteiger partial charge >= 0.3 is 0 Å². The summed E-state index contributed by atoms with van der Waals surface area (Å²) < 4.78 is 27.0. The van der Waals surface area contributed by atoms with Crippen LogP contribution in [0, 0.1) is 23.0 Å². The minimum absolute atomic E-state index is 0.0273. The van der Waals surface area contributed by atoms with E-state index in [0.717, 1.165) is 0 Å². The van der Waals surface area contributed by atoms with E-state index in [4.69, 9.17) is 16.9 Å². The molecule has 0 saturated carbocycles. The molecule has 2 rings (SSSR count). The molecule has 1 nitrogen and oxygen atoms in total. The highest BCUT2D eigenvalue weighted by molar-refractivity contribution is 6.33. The highest BCUT2D eigenvalue weighted by atomic mass is 35.5. The summed E-state index contributed by atoms with van der Waals surface area (Å²) in [7, 11) is 0. The first-order valence-corrected chi connectivity index (χ1v) is 5.16. The van der Waals surface area contributed by atoms with Crippen molar-refractivity contribution in [3.8, 4) is 17.2 Å². The van der Waals surface area contributed by atoms with Crippen LogP contribution < -0.4 is 0 Å². The summed E-state index contributed by atoms with van der Waals surface area (Å²) in [6.45, 7) is 0. The van der Waals surface area contributed by atoms with Crippen LogP contribution in [0.5, 0.6) is 0 Å². The zero-order valence-corrected chi connectivity index (χ0v) is 9.30. The zero-order chi connectivity index (χ0) is 12.4. The molecular formula is C13H6ClF2N. The van der Waals surface area contributed by atoms with Crippen LogP contribution in [0.3, 0.4) is 0 Å². The van der Waals surface area contributed by atoms with Crippen molar-refractivity contribution in [2.24, 2.45) is 0 Å². The molecule has 0 aliphatic carbocycles. The number of benzene rings is 2. The van der Waals surface area contributed by atoms with Gasteiger partial charge in [0.1, 0.15) is 11.6 Å². The predicted molar refractivity (Wildman–Crippen MR) is 61.5 cm³/mol. The predicted octanol–water partition coefficient (Wildman–Crippen LogP) is 4.16. The molecule has 0 aliphatic rings. The van der Waals surface area contributed by atoms with Crippen LogP contribution in [0.1, 0.15) is 5.56 Å². The van der Waals surface area contributed by atoms with Gasteiger partial charge in [0.05, 0.1) is 16.7 Å². The van der Waals surface area contributed by atoms with E-state index in [2.05, 4.69) is 0 Å². The van der Waals surface area contributed by atoms with E-state index in [1.165, 1.54) is 36.4 Å². The second kappa shape index (κ2) is 4.52. The Labute approximate surface area is 102 Å². The molecule has 0 aromatic heterocycles. The fraction of sp³-hybridized carbons (Fsp3) is 0. The van der Waals surface area contributed by atoms with Crippen LogP contribution in [0.2, 0.25) is 5.02 Å². The van der Waals surface area contributed by atoms with Crippen molar-refractivity contribution < 1.29 is 8.78 Å². The number of hydrogen-bond donors (Lipinski definition) is 0. The van der Waals surface area contributed by atoms with E-state index < -0.39 is 11.6 Å². The van der Waals surface area contributed by atoms with Crippen LogP contribution in [-0.4, -0.2) is 0 Å². The Bertz CT molecular complexity index is 617. The SMILES string of the molecule is N#Cc1cccc(F)c1-c1cccc(F)c1Cl. The summed E-state index contributed by atoms with van der Waals surface area (Å²) in [5.74, 6) is -1.24. The Morgan fingerprint density at radius 2 is 1.65 bits per heavy atom. The summed E-state index contributed by atoms with van der Waals surface area (Å²) in [6, 6.07) is 10.0. The lowest BCUT2D eigenvalue weighted by atomic mass is 9.99. The Morgan fingerprint density at radius 3 is 2.35 bits per heavy atom. The van der Waals surface area contributed by atoms with Crippen LogP contribution in [0.15, 0.2) is 36.4 Å². The van der Waals surface area contributed by atoms with Crippen LogP contribution in [0.25, 0.3) is 11.1 Å². The zero-order valence-electron chi connectivity index (χ0n) is 8.55. The Hall–Kier alpha value is -1.92. The van der Waals surface area contributed by atoms with Crippen LogP contribution in [-0.2, 0) is 0 Å². The summed E-state index contributed by atoms with van der Waals surface area (Å²) in [5.41, 5.74) is 0.332. The summed E-state index contributed by atoms with van der Waals surface area (Å²) in [5, 5.41) is 8.72. The van der Waals surface area contributed by atoms with E-state index in [1.807, 2.05) is 6.07 Å². The first kappa shape index (κ1) is 11.6. The van der Waals surface area contributed by atoms with Gasteiger partial charge in [0.25, 0.3) is 0 Å². The Morgan fingerprint density at radius 1 is 1.00 bits per heavy atom. The molecule has 0 aliphatic heterocycles. The molecular weight excluding hydrogens is 244 g/mol. The molecule has 17 heavy (non-hydrogen) atoms. The van der Waals surface area contributed by atoms with Crippen molar-refractivity contribution in [1.82, 2.24) is 0 Å². The number of rotatable bonds is 1. The van der Waals surface area contributed by atoms with Crippen molar-refractivity contribution in [2.45, 2.75) is 0 Å². The maximum Gasteiger partial charge on any atom is 0.142 e. The molecule has 4 heteroatoms. The second-order valence-corrected chi connectivity index (χ2v) is 3.75. The molecule has 0 saturated heterocycles. The Kier molecular flexibility index (Phi) is 3.08. The number of nitriles is 1. The molecule has 0 radical (unpaired) electrons. The topological polar surface area (TPSA) is 23.8 Å². The van der Waals surface area contributed by atoms with Crippen molar-refractivity contribution in [3.63, 3.8) is 0 Å². The van der Waals surface area contributed by atoms with Gasteiger partial charge in [-0.15, -0.1) is 0 Å². The van der Waals surface area contributed by atoms with E-state index in [9.17, 15) is 8.78 Å². The van der Waals surface area contributed by atoms with Gasteiger partial charge in [-0.2, -0.15) is 5.26 Å². The third-order valence-corrected chi connectivity index (χ3v) is 2.74. The van der Waals surface area contributed by atoms with Gasteiger partial charge in [0, 0.05) is 11.1 Å². The molecule has 0 fully saturated rings. The highest BCUT2D eigenvalue weighted by Gasteiger charge is 2.15. The number of halogens is 3. The van der Waals surface area contributed by atoms with E-state index in [0.29, 0.717) is 0 Å². The third kappa shape index (κ3) is 2.00. The summed E-state index contributed by atoms with van der Waals surface area (Å²) in [4.78, 5) is 0. The fourth-order valence-electron chi connectivity index (χ4n) is 1.59. The smallest absolute Gasteiger partial charge is 0.142 e. The molecule has 0 atom stereocenters. The van der Waals surface area contributed by atoms with Gasteiger partial charge in [-0.3, -0.25) is 0 Å². The summed E-state index contributed by atoms with van der Waals surface area (Å²) in [6.07, 6.45) is 0. The van der Waals surface area contributed by atoms with Gasteiger partial charge in [-0.1, -0.05) is 29.8 Å². The first-order valence-electron chi connectivity index (χ1n) is 4.78. The van der Waals surface area contributed by atoms with E-state index >= 15 is 0 Å². The maximum absolute atomic E-state index is 13.7. The Balaban J connectivity index is 2.78. The fourth-order valence-corrected chi connectivity index (χ4v) is 1.81. The molecule has 0 unspecified atom stereocenters. The van der Waals surface area contributed by atoms with Crippen molar-refractivity contribution in [2.75, 3.05) is 0 Å². The molecule has 2 aromatic rings. The van der Waals surface area contributed by atoms with Gasteiger partial charge < -0.3 is 0 Å². The average molecular weight is 250 g/mol. The molecule has 2 aromatic carbocycles. The van der Waals surface area contributed by atoms with Crippen molar-refractivity contribution in [1.29, 1.82) is 5.26 Å². The van der Waals surface area contributed by atoms with Gasteiger partial charge in [-0.25, -0.2) is 8.78 Å². The summed E-state index contributed by atoms with van der Waals surface area (Å²) >= 11 is 5.78. The van der Waals surface area contributed by atoms with Crippen molar-refractivity contribution in [3.05, 3.63) is 58.6 Å². The molecule has 0 heterocycles. The maximum atomic E-state index is 13.7. The van der Waals surface area contributed by atoms with E-state index in [-0.39, 0.29) is 21.7 Å². The van der Waals surface area contributed by atoms with E-state index in [1.54, 1.807) is 0 Å². The minimum atomic E-state index is -0.642.